The van der Waals surface area contributed by atoms with Crippen molar-refractivity contribution in [2.45, 2.75) is 70.4 Å². The first-order chi connectivity index (χ1) is 11.6. The topological polar surface area (TPSA) is 36.4 Å². The van der Waals surface area contributed by atoms with Gasteiger partial charge in [0.1, 0.15) is 0 Å². The molecule has 2 aliphatic rings. The Morgan fingerprint density at radius 1 is 1.08 bits per heavy atom. The molecule has 0 spiro atoms. The molecule has 0 saturated heterocycles. The molecule has 0 unspecified atom stereocenters. The molecule has 1 aromatic heterocycles. The number of nitrogens with zero attached hydrogens (tertiary/aromatic N) is 3. The Bertz CT molecular complexity index is 580. The molecule has 0 atom stereocenters. The molecule has 132 valence electrons. The van der Waals surface area contributed by atoms with Gasteiger partial charge < -0.3 is 9.80 Å². The van der Waals surface area contributed by atoms with Crippen LogP contribution in [0, 0.1) is 6.92 Å². The van der Waals surface area contributed by atoms with Gasteiger partial charge in [0.05, 0.1) is 10.6 Å². The molecule has 24 heavy (non-hydrogen) atoms. The highest BCUT2D eigenvalue weighted by Crippen LogP contribution is 2.38. The number of rotatable bonds is 6. The summed E-state index contributed by atoms with van der Waals surface area (Å²) in [6.45, 7) is 1.97. The van der Waals surface area contributed by atoms with Gasteiger partial charge in [-0.2, -0.15) is 0 Å². The van der Waals surface area contributed by atoms with Gasteiger partial charge in [-0.25, -0.2) is 4.98 Å². The molecule has 2 fully saturated rings. The molecule has 5 heteroatoms. The molecule has 3 rings (SSSR count). The third-order valence-electron chi connectivity index (χ3n) is 5.19. The van der Waals surface area contributed by atoms with Crippen molar-refractivity contribution < 1.29 is 4.79 Å². The highest BCUT2D eigenvalue weighted by Gasteiger charge is 2.33. The van der Waals surface area contributed by atoms with Crippen molar-refractivity contribution in [3.63, 3.8) is 0 Å². The molecule has 0 bridgehead atoms. The van der Waals surface area contributed by atoms with Crippen molar-refractivity contribution in [3.8, 4) is 0 Å². The SMILES string of the molecule is Cc1nc(N(C2CCCC2)C2CCCC2)sc1C(=O)/C=C/N(C)C. The standard InChI is InChI=1S/C19H29N3OS/c1-14-18(17(23)12-13-21(2)3)24-19(20-14)22(15-8-4-5-9-15)16-10-6-7-11-16/h12-13,15-16H,4-11H2,1-3H3/b13-12+. The van der Waals surface area contributed by atoms with Gasteiger partial charge >= 0.3 is 0 Å². The third-order valence-corrected chi connectivity index (χ3v) is 6.38. The van der Waals surface area contributed by atoms with E-state index in [0.29, 0.717) is 12.1 Å². The van der Waals surface area contributed by atoms with Crippen LogP contribution in [0.3, 0.4) is 0 Å². The third kappa shape index (κ3) is 3.82. The molecule has 0 radical (unpaired) electrons. The predicted molar refractivity (Wildman–Crippen MR) is 101 cm³/mol. The molecule has 0 N–H and O–H groups in total. The lowest BCUT2D eigenvalue weighted by molar-refractivity contribution is 0.104. The maximum Gasteiger partial charge on any atom is 0.199 e. The molecule has 1 aromatic rings. The Morgan fingerprint density at radius 2 is 1.62 bits per heavy atom. The molecule has 1 heterocycles. The number of ketones is 1. The summed E-state index contributed by atoms with van der Waals surface area (Å²) in [5.74, 6) is 0.0720. The van der Waals surface area contributed by atoms with Crippen LogP contribution >= 0.6 is 11.3 Å². The number of allylic oxidation sites excluding steroid dienone is 1. The highest BCUT2D eigenvalue weighted by atomic mass is 32.1. The summed E-state index contributed by atoms with van der Waals surface area (Å²) in [5.41, 5.74) is 0.879. The molecule has 2 saturated carbocycles. The molecule has 4 nitrogen and oxygen atoms in total. The summed E-state index contributed by atoms with van der Waals surface area (Å²) in [6.07, 6.45) is 13.9. The van der Waals surface area contributed by atoms with E-state index in [1.54, 1.807) is 17.4 Å². The van der Waals surface area contributed by atoms with Crippen LogP contribution in [0.1, 0.15) is 66.7 Å². The maximum atomic E-state index is 12.5. The lowest BCUT2D eigenvalue weighted by Crippen LogP contribution is -2.40. The molecule has 0 aliphatic heterocycles. The lowest BCUT2D eigenvalue weighted by atomic mass is 10.1. The average Bonchev–Trinajstić information content (AvgIpc) is 3.28. The van der Waals surface area contributed by atoms with Crippen molar-refractivity contribution in [2.75, 3.05) is 19.0 Å². The zero-order valence-electron chi connectivity index (χ0n) is 15.1. The largest absolute Gasteiger partial charge is 0.383 e. The number of anilines is 1. The Morgan fingerprint density at radius 3 is 2.12 bits per heavy atom. The first-order valence-corrected chi connectivity index (χ1v) is 10.0. The van der Waals surface area contributed by atoms with Gasteiger partial charge in [-0.15, -0.1) is 0 Å². The molecule has 0 aromatic carbocycles. The maximum absolute atomic E-state index is 12.5. The number of carbonyl (C=O) groups excluding carboxylic acids is 1. The number of aromatic nitrogens is 1. The Balaban J connectivity index is 1.85. The van der Waals surface area contributed by atoms with Gasteiger partial charge in [-0.05, 0) is 32.6 Å². The monoisotopic (exact) mass is 347 g/mol. The summed E-state index contributed by atoms with van der Waals surface area (Å²) in [7, 11) is 3.85. The Labute approximate surface area is 149 Å². The van der Waals surface area contributed by atoms with Crippen LogP contribution in [0.25, 0.3) is 0 Å². The molecular weight excluding hydrogens is 318 g/mol. The smallest absolute Gasteiger partial charge is 0.199 e. The van der Waals surface area contributed by atoms with Crippen molar-refractivity contribution >= 4 is 22.3 Å². The van der Waals surface area contributed by atoms with Gasteiger partial charge in [-0.1, -0.05) is 37.0 Å². The van der Waals surface area contributed by atoms with Gasteiger partial charge in [0.25, 0.3) is 0 Å². The van der Waals surface area contributed by atoms with Gasteiger partial charge in [0.15, 0.2) is 10.9 Å². The summed E-state index contributed by atoms with van der Waals surface area (Å²) in [6, 6.07) is 1.25. The van der Waals surface area contributed by atoms with E-state index in [1.165, 1.54) is 51.4 Å². The van der Waals surface area contributed by atoms with Crippen LogP contribution in [0.5, 0.6) is 0 Å². The zero-order chi connectivity index (χ0) is 17.1. The molecular formula is C19H29N3OS. The van der Waals surface area contributed by atoms with Gasteiger partial charge in [0.2, 0.25) is 0 Å². The molecule has 2 aliphatic carbocycles. The second-order valence-electron chi connectivity index (χ2n) is 7.34. The fourth-order valence-corrected chi connectivity index (χ4v) is 5.12. The second kappa shape index (κ2) is 7.68. The first kappa shape index (κ1) is 17.5. The van der Waals surface area contributed by atoms with Crippen LogP contribution in [0.15, 0.2) is 12.3 Å². The van der Waals surface area contributed by atoms with E-state index in [4.69, 9.17) is 4.98 Å². The minimum atomic E-state index is 0.0720. The highest BCUT2D eigenvalue weighted by molar-refractivity contribution is 7.17. The van der Waals surface area contributed by atoms with E-state index in [2.05, 4.69) is 4.90 Å². The van der Waals surface area contributed by atoms with Gasteiger partial charge in [0, 0.05) is 38.5 Å². The molecule has 0 amide bonds. The summed E-state index contributed by atoms with van der Waals surface area (Å²) in [4.78, 5) is 22.6. The number of aryl methyl sites for hydroxylation is 1. The van der Waals surface area contributed by atoms with Crippen molar-refractivity contribution in [1.29, 1.82) is 0 Å². The zero-order valence-corrected chi connectivity index (χ0v) is 15.9. The minimum absolute atomic E-state index is 0.0720. The number of thiazole rings is 1. The van der Waals surface area contributed by atoms with E-state index in [9.17, 15) is 4.79 Å². The summed E-state index contributed by atoms with van der Waals surface area (Å²) in [5, 5.41) is 1.08. The lowest BCUT2D eigenvalue weighted by Gasteiger charge is -2.34. The average molecular weight is 348 g/mol. The fourth-order valence-electron chi connectivity index (χ4n) is 3.99. The number of hydrogen-bond donors (Lipinski definition) is 0. The van der Waals surface area contributed by atoms with E-state index < -0.39 is 0 Å². The van der Waals surface area contributed by atoms with Crippen LogP contribution in [0.2, 0.25) is 0 Å². The van der Waals surface area contributed by atoms with E-state index in [0.717, 1.165) is 15.7 Å². The number of carbonyl (C=O) groups is 1. The van der Waals surface area contributed by atoms with Crippen LogP contribution in [-0.2, 0) is 0 Å². The van der Waals surface area contributed by atoms with E-state index in [1.807, 2.05) is 32.1 Å². The Hall–Kier alpha value is -1.36. The van der Waals surface area contributed by atoms with Gasteiger partial charge in [-0.3, -0.25) is 4.79 Å². The minimum Gasteiger partial charge on any atom is -0.383 e. The second-order valence-corrected chi connectivity index (χ2v) is 8.32. The quantitative estimate of drug-likeness (QED) is 0.564. The Kier molecular flexibility index (Phi) is 5.59. The van der Waals surface area contributed by atoms with Crippen molar-refractivity contribution in [1.82, 2.24) is 9.88 Å². The predicted octanol–water partition coefficient (Wildman–Crippen LogP) is 4.40. The van der Waals surface area contributed by atoms with Crippen LogP contribution < -0.4 is 4.90 Å². The van der Waals surface area contributed by atoms with Crippen molar-refractivity contribution in [3.05, 3.63) is 22.8 Å². The fraction of sp³-hybridized carbons (Fsp3) is 0.684. The number of hydrogen-bond acceptors (Lipinski definition) is 5. The summed E-state index contributed by atoms with van der Waals surface area (Å²) >= 11 is 1.60. The van der Waals surface area contributed by atoms with E-state index in [-0.39, 0.29) is 5.78 Å². The normalized spacial score (nSPS) is 19.5. The van der Waals surface area contributed by atoms with E-state index >= 15 is 0 Å². The van der Waals surface area contributed by atoms with Crippen LogP contribution in [0.4, 0.5) is 5.13 Å². The first-order valence-electron chi connectivity index (χ1n) is 9.21. The summed E-state index contributed by atoms with van der Waals surface area (Å²) < 4.78 is 0. The van der Waals surface area contributed by atoms with Crippen LogP contribution in [-0.4, -0.2) is 41.8 Å². The van der Waals surface area contributed by atoms with Crippen molar-refractivity contribution in [2.24, 2.45) is 0 Å².